The highest BCUT2D eigenvalue weighted by molar-refractivity contribution is 5.90. The maximum Gasteiger partial charge on any atom is 0.226 e. The zero-order chi connectivity index (χ0) is 17.8. The van der Waals surface area contributed by atoms with E-state index in [4.69, 9.17) is 0 Å². The van der Waals surface area contributed by atoms with Crippen molar-refractivity contribution >= 4 is 11.8 Å². The molecule has 0 saturated carbocycles. The molecule has 0 unspecified atom stereocenters. The van der Waals surface area contributed by atoms with Gasteiger partial charge in [0.25, 0.3) is 0 Å². The van der Waals surface area contributed by atoms with Gasteiger partial charge in [-0.3, -0.25) is 9.59 Å². The molecule has 1 saturated heterocycles. The topological polar surface area (TPSA) is 67.2 Å². The molecule has 6 nitrogen and oxygen atoms in total. The average Bonchev–Trinajstić information content (AvgIpc) is 3.16. The molecule has 1 aliphatic rings. The van der Waals surface area contributed by atoms with Crippen molar-refractivity contribution in [2.75, 3.05) is 13.6 Å². The molecular weight excluding hydrogens is 316 g/mol. The summed E-state index contributed by atoms with van der Waals surface area (Å²) in [7, 11) is 1.77. The highest BCUT2D eigenvalue weighted by atomic mass is 16.2. The number of rotatable bonds is 6. The van der Waals surface area contributed by atoms with Gasteiger partial charge in [0.2, 0.25) is 11.8 Å². The highest BCUT2D eigenvalue weighted by Gasteiger charge is 2.42. The van der Waals surface area contributed by atoms with Gasteiger partial charge in [0.1, 0.15) is 5.82 Å². The third-order valence-electron chi connectivity index (χ3n) is 4.86. The van der Waals surface area contributed by atoms with E-state index in [9.17, 15) is 9.59 Å². The molecule has 1 aliphatic heterocycles. The van der Waals surface area contributed by atoms with Gasteiger partial charge in [-0.2, -0.15) is 0 Å². The number of carbonyl (C=O) groups is 2. The summed E-state index contributed by atoms with van der Waals surface area (Å²) in [4.78, 5) is 30.6. The maximum absolute atomic E-state index is 12.6. The van der Waals surface area contributed by atoms with E-state index in [0.29, 0.717) is 6.54 Å². The van der Waals surface area contributed by atoms with Crippen LogP contribution in [0.25, 0.3) is 0 Å². The van der Waals surface area contributed by atoms with Gasteiger partial charge in [-0.05, 0) is 18.9 Å². The Morgan fingerprint density at radius 1 is 1.32 bits per heavy atom. The Hall–Kier alpha value is -2.63. The van der Waals surface area contributed by atoms with Crippen molar-refractivity contribution in [3.8, 4) is 0 Å². The van der Waals surface area contributed by atoms with Crippen LogP contribution in [-0.4, -0.2) is 39.9 Å². The molecule has 3 rings (SSSR count). The number of nitrogens with zero attached hydrogens (tertiary/aromatic N) is 3. The van der Waals surface area contributed by atoms with Gasteiger partial charge in [0.15, 0.2) is 0 Å². The second kappa shape index (κ2) is 7.51. The van der Waals surface area contributed by atoms with E-state index in [1.54, 1.807) is 18.1 Å². The fourth-order valence-corrected chi connectivity index (χ4v) is 3.44. The van der Waals surface area contributed by atoms with E-state index in [2.05, 4.69) is 14.9 Å². The third kappa shape index (κ3) is 3.73. The van der Waals surface area contributed by atoms with Gasteiger partial charge in [0.05, 0.1) is 12.0 Å². The lowest BCUT2D eigenvalue weighted by molar-refractivity contribution is -0.128. The van der Waals surface area contributed by atoms with Crippen LogP contribution in [0.3, 0.4) is 0 Å². The number of amides is 2. The van der Waals surface area contributed by atoms with Crippen LogP contribution in [0, 0.1) is 12.8 Å². The van der Waals surface area contributed by atoms with E-state index in [1.165, 1.54) is 0 Å². The molecule has 2 heterocycles. The number of benzene rings is 1. The predicted molar refractivity (Wildman–Crippen MR) is 94.7 cm³/mol. The molecule has 0 radical (unpaired) electrons. The predicted octanol–water partition coefficient (Wildman–Crippen LogP) is 1.92. The summed E-state index contributed by atoms with van der Waals surface area (Å²) in [5.74, 6) is 0.602. The van der Waals surface area contributed by atoms with Crippen molar-refractivity contribution in [3.63, 3.8) is 0 Å². The van der Waals surface area contributed by atoms with Crippen LogP contribution in [0.5, 0.6) is 0 Å². The summed E-state index contributed by atoms with van der Waals surface area (Å²) in [6.07, 6.45) is 4.81. The van der Waals surface area contributed by atoms with Gasteiger partial charge in [-0.25, -0.2) is 4.98 Å². The number of hydrogen-bond acceptors (Lipinski definition) is 3. The van der Waals surface area contributed by atoms with E-state index in [0.717, 1.165) is 24.4 Å². The number of imidazole rings is 1. The van der Waals surface area contributed by atoms with E-state index in [1.807, 2.05) is 43.5 Å². The lowest BCUT2D eigenvalue weighted by Crippen LogP contribution is -2.35. The zero-order valence-corrected chi connectivity index (χ0v) is 14.7. The molecule has 1 fully saturated rings. The second-order valence-electron chi connectivity index (χ2n) is 6.48. The van der Waals surface area contributed by atoms with Crippen molar-refractivity contribution in [2.45, 2.75) is 32.4 Å². The Balaban J connectivity index is 1.58. The lowest BCUT2D eigenvalue weighted by atomic mass is 9.93. The average molecular weight is 340 g/mol. The highest BCUT2D eigenvalue weighted by Crippen LogP contribution is 2.36. The third-order valence-corrected chi connectivity index (χ3v) is 4.86. The molecule has 0 spiro atoms. The lowest BCUT2D eigenvalue weighted by Gasteiger charge is -2.25. The zero-order valence-electron chi connectivity index (χ0n) is 14.7. The van der Waals surface area contributed by atoms with E-state index >= 15 is 0 Å². The second-order valence-corrected chi connectivity index (χ2v) is 6.48. The molecule has 0 bridgehead atoms. The molecule has 1 N–H and O–H groups in total. The first-order chi connectivity index (χ1) is 12.1. The molecule has 2 atom stereocenters. The first-order valence-electron chi connectivity index (χ1n) is 8.64. The van der Waals surface area contributed by atoms with Crippen molar-refractivity contribution in [1.29, 1.82) is 0 Å². The van der Waals surface area contributed by atoms with Crippen LogP contribution in [0.4, 0.5) is 0 Å². The van der Waals surface area contributed by atoms with Gasteiger partial charge in [-0.1, -0.05) is 30.3 Å². The molecule has 132 valence electrons. The molecule has 1 aromatic heterocycles. The molecule has 25 heavy (non-hydrogen) atoms. The molecule has 2 aromatic rings. The number of nitrogens with one attached hydrogen (secondary N) is 1. The van der Waals surface area contributed by atoms with Gasteiger partial charge in [-0.15, -0.1) is 0 Å². The minimum atomic E-state index is -0.338. The van der Waals surface area contributed by atoms with Crippen molar-refractivity contribution in [1.82, 2.24) is 19.8 Å². The summed E-state index contributed by atoms with van der Waals surface area (Å²) < 4.78 is 2.06. The first-order valence-corrected chi connectivity index (χ1v) is 8.64. The van der Waals surface area contributed by atoms with Crippen LogP contribution in [0.1, 0.15) is 30.3 Å². The van der Waals surface area contributed by atoms with Crippen LogP contribution in [0.2, 0.25) is 0 Å². The Labute approximate surface area is 147 Å². The standard InChI is InChI=1S/C19H24N4O2/c1-14-20-10-12-23(14)11-6-9-21-19(25)16-13-17(24)22(2)18(16)15-7-4-3-5-8-15/h3-5,7-8,10,12,16,18H,6,9,11,13H2,1-2H3,(H,21,25)/t16-,18+/m0/s1. The number of carbonyl (C=O) groups excluding carboxylic acids is 2. The van der Waals surface area contributed by atoms with Crippen LogP contribution in [-0.2, 0) is 16.1 Å². The smallest absolute Gasteiger partial charge is 0.226 e. The van der Waals surface area contributed by atoms with Gasteiger partial charge in [0, 0.05) is 39.0 Å². The quantitative estimate of drug-likeness (QED) is 0.817. The van der Waals surface area contributed by atoms with E-state index < -0.39 is 0 Å². The minimum absolute atomic E-state index is 0.0167. The van der Waals surface area contributed by atoms with Gasteiger partial charge >= 0.3 is 0 Å². The normalized spacial score (nSPS) is 20.1. The fraction of sp³-hybridized carbons (Fsp3) is 0.421. The van der Waals surface area contributed by atoms with E-state index in [-0.39, 0.29) is 30.2 Å². The minimum Gasteiger partial charge on any atom is -0.356 e. The molecule has 1 aromatic carbocycles. The molecule has 0 aliphatic carbocycles. The van der Waals surface area contributed by atoms with Crippen molar-refractivity contribution < 1.29 is 9.59 Å². The largest absolute Gasteiger partial charge is 0.356 e. The Morgan fingerprint density at radius 2 is 2.08 bits per heavy atom. The monoisotopic (exact) mass is 340 g/mol. The number of likely N-dealkylation sites (tertiary alicyclic amines) is 1. The van der Waals surface area contributed by atoms with Gasteiger partial charge < -0.3 is 14.8 Å². The summed E-state index contributed by atoms with van der Waals surface area (Å²) in [6, 6.07) is 9.57. The van der Waals surface area contributed by atoms with Crippen LogP contribution in [0.15, 0.2) is 42.7 Å². The Bertz CT molecular complexity index is 741. The Morgan fingerprint density at radius 3 is 2.76 bits per heavy atom. The summed E-state index contributed by atoms with van der Waals surface area (Å²) in [5, 5.41) is 3.00. The molecule has 2 amide bonds. The van der Waals surface area contributed by atoms with Crippen molar-refractivity contribution in [3.05, 3.63) is 54.1 Å². The molecular formula is C19H24N4O2. The Kier molecular flexibility index (Phi) is 5.16. The number of aryl methyl sites for hydroxylation is 2. The number of hydrogen-bond donors (Lipinski definition) is 1. The summed E-state index contributed by atoms with van der Waals surface area (Å²) >= 11 is 0. The van der Waals surface area contributed by atoms with Crippen molar-refractivity contribution in [2.24, 2.45) is 5.92 Å². The van der Waals surface area contributed by atoms with Crippen LogP contribution >= 0.6 is 0 Å². The first kappa shape index (κ1) is 17.2. The SMILES string of the molecule is Cc1nccn1CCCNC(=O)[C@H]1CC(=O)N(C)[C@@H]1c1ccccc1. The summed E-state index contributed by atoms with van der Waals surface area (Å²) in [6.45, 7) is 3.37. The summed E-state index contributed by atoms with van der Waals surface area (Å²) in [5.41, 5.74) is 1.00. The van der Waals surface area contributed by atoms with Crippen LogP contribution < -0.4 is 5.32 Å². The number of aromatic nitrogens is 2. The maximum atomic E-state index is 12.6. The fourth-order valence-electron chi connectivity index (χ4n) is 3.44. The molecule has 6 heteroatoms.